The molecule has 1 atom stereocenters. The van der Waals surface area contributed by atoms with Gasteiger partial charge >= 0.3 is 5.97 Å². The summed E-state index contributed by atoms with van der Waals surface area (Å²) >= 11 is 3.22. The van der Waals surface area contributed by atoms with Gasteiger partial charge in [-0.05, 0) is 30.5 Å². The van der Waals surface area contributed by atoms with Crippen molar-refractivity contribution in [2.45, 2.75) is 37.8 Å². The van der Waals surface area contributed by atoms with Gasteiger partial charge in [0, 0.05) is 10.5 Å². The molecule has 2 N–H and O–H groups in total. The Hall–Kier alpha value is -0.940. The van der Waals surface area contributed by atoms with Gasteiger partial charge in [-0.2, -0.15) is 0 Å². The summed E-state index contributed by atoms with van der Waals surface area (Å²) in [5.41, 5.74) is 0.566. The zero-order valence-corrected chi connectivity index (χ0v) is 11.4. The van der Waals surface area contributed by atoms with Crippen LogP contribution in [0.2, 0.25) is 0 Å². The number of nitrogens with one attached hydrogen (secondary N) is 1. The van der Waals surface area contributed by atoms with E-state index in [1.54, 1.807) is 0 Å². The van der Waals surface area contributed by atoms with Gasteiger partial charge in [0.2, 0.25) is 0 Å². The van der Waals surface area contributed by atoms with Crippen molar-refractivity contribution in [1.82, 2.24) is 5.32 Å². The molecule has 1 aromatic carbocycles. The summed E-state index contributed by atoms with van der Waals surface area (Å²) in [6, 6.07) is 3.54. The van der Waals surface area contributed by atoms with Gasteiger partial charge in [-0.25, -0.2) is 4.39 Å². The van der Waals surface area contributed by atoms with Crippen LogP contribution in [-0.2, 0) is 4.79 Å². The van der Waals surface area contributed by atoms with Gasteiger partial charge in [0.1, 0.15) is 11.9 Å². The Balaban J connectivity index is 2.20. The van der Waals surface area contributed by atoms with Crippen molar-refractivity contribution >= 4 is 21.9 Å². The van der Waals surface area contributed by atoms with E-state index in [1.165, 1.54) is 18.2 Å². The van der Waals surface area contributed by atoms with E-state index in [0.29, 0.717) is 10.0 Å². The minimum atomic E-state index is -0.936. The monoisotopic (exact) mass is 315 g/mol. The fourth-order valence-electron chi connectivity index (χ4n) is 2.36. The number of hydrogen-bond acceptors (Lipinski definition) is 2. The van der Waals surface area contributed by atoms with Crippen molar-refractivity contribution in [1.29, 1.82) is 0 Å². The maximum absolute atomic E-state index is 13.0. The molecule has 1 fully saturated rings. The van der Waals surface area contributed by atoms with Crippen LogP contribution in [0.15, 0.2) is 22.7 Å². The molecule has 1 unspecified atom stereocenters. The predicted octanol–water partition coefficient (Wildman–Crippen LogP) is 3.25. The lowest BCUT2D eigenvalue weighted by Crippen LogP contribution is -2.35. The molecule has 0 heterocycles. The molecule has 1 aliphatic rings. The third kappa shape index (κ3) is 3.09. The summed E-state index contributed by atoms with van der Waals surface area (Å²) in [4.78, 5) is 11.3. The average Bonchev–Trinajstić information content (AvgIpc) is 2.79. The molecule has 98 valence electrons. The first-order valence-corrected chi connectivity index (χ1v) is 6.81. The smallest absolute Gasteiger partial charge is 0.325 e. The van der Waals surface area contributed by atoms with E-state index in [0.717, 1.165) is 25.7 Å². The lowest BCUT2D eigenvalue weighted by atomic mass is 10.1. The van der Waals surface area contributed by atoms with E-state index in [9.17, 15) is 14.3 Å². The van der Waals surface area contributed by atoms with E-state index in [4.69, 9.17) is 0 Å². The number of benzene rings is 1. The standard InChI is InChI=1S/C13H15BrFNO2/c14-11-7-8(15)5-6-10(11)12(13(17)18)16-9-3-1-2-4-9/h5-7,9,12,16H,1-4H2,(H,17,18). The summed E-state index contributed by atoms with van der Waals surface area (Å²) in [5.74, 6) is -1.31. The molecule has 5 heteroatoms. The first-order valence-electron chi connectivity index (χ1n) is 6.01. The Kier molecular flexibility index (Phi) is 4.35. The zero-order chi connectivity index (χ0) is 13.1. The van der Waals surface area contributed by atoms with Crippen molar-refractivity contribution in [3.05, 3.63) is 34.1 Å². The number of aliphatic carboxylic acids is 1. The van der Waals surface area contributed by atoms with Gasteiger partial charge in [-0.3, -0.25) is 10.1 Å². The van der Waals surface area contributed by atoms with Crippen LogP contribution in [-0.4, -0.2) is 17.1 Å². The highest BCUT2D eigenvalue weighted by Gasteiger charge is 2.26. The first kappa shape index (κ1) is 13.5. The van der Waals surface area contributed by atoms with Gasteiger partial charge in [0.25, 0.3) is 0 Å². The summed E-state index contributed by atoms with van der Waals surface area (Å²) < 4.78 is 13.5. The number of hydrogen-bond donors (Lipinski definition) is 2. The van der Waals surface area contributed by atoms with E-state index >= 15 is 0 Å². The van der Waals surface area contributed by atoms with Crippen LogP contribution in [0.3, 0.4) is 0 Å². The van der Waals surface area contributed by atoms with Gasteiger partial charge in [-0.15, -0.1) is 0 Å². The van der Waals surface area contributed by atoms with E-state index < -0.39 is 12.0 Å². The molecule has 2 rings (SSSR count). The van der Waals surface area contributed by atoms with E-state index in [1.807, 2.05) is 0 Å². The van der Waals surface area contributed by atoms with Gasteiger partial charge in [-0.1, -0.05) is 34.8 Å². The van der Waals surface area contributed by atoms with Crippen LogP contribution < -0.4 is 5.32 Å². The molecule has 18 heavy (non-hydrogen) atoms. The molecule has 0 radical (unpaired) electrons. The Labute approximate surface area is 114 Å². The molecule has 0 spiro atoms. The van der Waals surface area contributed by atoms with Crippen LogP contribution in [0.1, 0.15) is 37.3 Å². The second-order valence-electron chi connectivity index (χ2n) is 4.59. The van der Waals surface area contributed by atoms with Crippen LogP contribution in [0.4, 0.5) is 4.39 Å². The Morgan fingerprint density at radius 1 is 1.44 bits per heavy atom. The van der Waals surface area contributed by atoms with Crippen molar-refractivity contribution in [2.24, 2.45) is 0 Å². The number of carboxylic acids is 1. The summed E-state index contributed by atoms with van der Waals surface area (Å²) in [6.07, 6.45) is 4.27. The summed E-state index contributed by atoms with van der Waals surface area (Å²) in [7, 11) is 0. The van der Waals surface area contributed by atoms with Gasteiger partial charge < -0.3 is 5.11 Å². The molecule has 1 aromatic rings. The fraction of sp³-hybridized carbons (Fsp3) is 0.462. The minimum absolute atomic E-state index is 0.239. The van der Waals surface area contributed by atoms with Crippen molar-refractivity contribution in [2.75, 3.05) is 0 Å². The SMILES string of the molecule is O=C(O)C(NC1CCCC1)c1ccc(F)cc1Br. The molecular formula is C13H15BrFNO2. The largest absolute Gasteiger partial charge is 0.480 e. The van der Waals surface area contributed by atoms with E-state index in [-0.39, 0.29) is 11.9 Å². The van der Waals surface area contributed by atoms with Gasteiger partial charge in [0.05, 0.1) is 0 Å². The molecule has 0 bridgehead atoms. The maximum Gasteiger partial charge on any atom is 0.325 e. The zero-order valence-electron chi connectivity index (χ0n) is 9.83. The minimum Gasteiger partial charge on any atom is -0.480 e. The molecule has 0 aromatic heterocycles. The van der Waals surface area contributed by atoms with E-state index in [2.05, 4.69) is 21.2 Å². The van der Waals surface area contributed by atoms with Crippen LogP contribution in [0.5, 0.6) is 0 Å². The van der Waals surface area contributed by atoms with Crippen molar-refractivity contribution in [3.63, 3.8) is 0 Å². The summed E-state index contributed by atoms with van der Waals surface area (Å²) in [5, 5.41) is 12.4. The highest BCUT2D eigenvalue weighted by Crippen LogP contribution is 2.27. The highest BCUT2D eigenvalue weighted by atomic mass is 79.9. The molecule has 0 aliphatic heterocycles. The molecule has 3 nitrogen and oxygen atoms in total. The van der Waals surface area contributed by atoms with Gasteiger partial charge in [0.15, 0.2) is 0 Å². The summed E-state index contributed by atoms with van der Waals surface area (Å²) in [6.45, 7) is 0. The number of halogens is 2. The Morgan fingerprint density at radius 3 is 2.67 bits per heavy atom. The lowest BCUT2D eigenvalue weighted by Gasteiger charge is -2.20. The second kappa shape index (κ2) is 5.80. The average molecular weight is 316 g/mol. The number of carboxylic acid groups (broad SMARTS) is 1. The first-order chi connectivity index (χ1) is 8.58. The predicted molar refractivity (Wildman–Crippen MR) is 69.9 cm³/mol. The maximum atomic E-state index is 13.0. The topological polar surface area (TPSA) is 49.3 Å². The Morgan fingerprint density at radius 2 is 2.11 bits per heavy atom. The van der Waals surface area contributed by atoms with Crippen LogP contribution in [0.25, 0.3) is 0 Å². The molecular weight excluding hydrogens is 301 g/mol. The lowest BCUT2D eigenvalue weighted by molar-refractivity contribution is -0.139. The molecule has 0 saturated heterocycles. The third-order valence-electron chi connectivity index (χ3n) is 3.28. The fourth-order valence-corrected chi connectivity index (χ4v) is 2.94. The Bertz CT molecular complexity index is 447. The number of rotatable bonds is 4. The molecule has 1 aliphatic carbocycles. The van der Waals surface area contributed by atoms with Crippen molar-refractivity contribution < 1.29 is 14.3 Å². The van der Waals surface area contributed by atoms with Crippen LogP contribution in [0, 0.1) is 5.82 Å². The normalized spacial score (nSPS) is 17.9. The third-order valence-corrected chi connectivity index (χ3v) is 3.96. The quantitative estimate of drug-likeness (QED) is 0.896. The number of carbonyl (C=O) groups is 1. The molecule has 0 amide bonds. The highest BCUT2D eigenvalue weighted by molar-refractivity contribution is 9.10. The second-order valence-corrected chi connectivity index (χ2v) is 5.44. The molecule has 1 saturated carbocycles. The van der Waals surface area contributed by atoms with Crippen molar-refractivity contribution in [3.8, 4) is 0 Å². The van der Waals surface area contributed by atoms with Crippen LogP contribution >= 0.6 is 15.9 Å².